The van der Waals surface area contributed by atoms with E-state index in [2.05, 4.69) is 40.8 Å². The first-order valence-corrected chi connectivity index (χ1v) is 8.46. The van der Waals surface area contributed by atoms with Gasteiger partial charge in [0.05, 0.1) is 6.26 Å². The second kappa shape index (κ2) is 5.61. The molecule has 0 radical (unpaired) electrons. The van der Waals surface area contributed by atoms with Crippen LogP contribution in [-0.4, -0.2) is 39.2 Å². The summed E-state index contributed by atoms with van der Waals surface area (Å²) in [5.41, 5.74) is 1.35. The van der Waals surface area contributed by atoms with E-state index in [1.807, 2.05) is 6.07 Å². The van der Waals surface area contributed by atoms with E-state index >= 15 is 0 Å². The molecular weight excluding hydrogens is 260 g/mol. The topological polar surface area (TPSA) is 49.4 Å². The second-order valence-corrected chi connectivity index (χ2v) is 7.68. The summed E-state index contributed by atoms with van der Waals surface area (Å²) in [5.74, 6) is 0. The number of hydrogen-bond donors (Lipinski definition) is 1. The van der Waals surface area contributed by atoms with Crippen LogP contribution in [0.5, 0.6) is 0 Å². The van der Waals surface area contributed by atoms with Gasteiger partial charge in [-0.3, -0.25) is 4.90 Å². The maximum Gasteiger partial charge on any atom is 0.208 e. The molecule has 106 valence electrons. The first kappa shape index (κ1) is 14.5. The molecule has 1 heterocycles. The van der Waals surface area contributed by atoms with E-state index < -0.39 is 10.0 Å². The fourth-order valence-electron chi connectivity index (χ4n) is 2.55. The van der Waals surface area contributed by atoms with E-state index in [-0.39, 0.29) is 5.41 Å². The van der Waals surface area contributed by atoms with Crippen LogP contribution in [0.1, 0.15) is 18.9 Å². The molecule has 1 aliphatic rings. The zero-order chi connectivity index (χ0) is 13.9. The van der Waals surface area contributed by atoms with E-state index in [0.717, 1.165) is 26.1 Å². The van der Waals surface area contributed by atoms with Crippen molar-refractivity contribution in [2.45, 2.75) is 19.9 Å². The third-order valence-corrected chi connectivity index (χ3v) is 4.32. The molecule has 1 aromatic carbocycles. The zero-order valence-corrected chi connectivity index (χ0v) is 12.4. The lowest BCUT2D eigenvalue weighted by Crippen LogP contribution is -2.37. The van der Waals surface area contributed by atoms with Crippen LogP contribution in [-0.2, 0) is 16.6 Å². The minimum Gasteiger partial charge on any atom is -0.298 e. The Labute approximate surface area is 115 Å². The lowest BCUT2D eigenvalue weighted by atomic mass is 9.90. The van der Waals surface area contributed by atoms with Crippen LogP contribution in [0, 0.1) is 5.41 Å². The predicted molar refractivity (Wildman–Crippen MR) is 77.3 cm³/mol. The van der Waals surface area contributed by atoms with E-state index in [0.29, 0.717) is 6.54 Å². The molecule has 2 rings (SSSR count). The molecule has 1 fully saturated rings. The SMILES string of the molecule is CC1(CNS(C)(=O)=O)CCN(Cc2ccccc2)C1. The number of sulfonamides is 1. The van der Waals surface area contributed by atoms with Crippen molar-refractivity contribution < 1.29 is 8.42 Å². The highest BCUT2D eigenvalue weighted by atomic mass is 32.2. The zero-order valence-electron chi connectivity index (χ0n) is 11.6. The van der Waals surface area contributed by atoms with Crippen molar-refractivity contribution >= 4 is 10.0 Å². The van der Waals surface area contributed by atoms with Gasteiger partial charge in [0.1, 0.15) is 0 Å². The largest absolute Gasteiger partial charge is 0.298 e. The molecule has 0 aromatic heterocycles. The van der Waals surface area contributed by atoms with Gasteiger partial charge in [0.2, 0.25) is 10.0 Å². The Morgan fingerprint density at radius 2 is 2.00 bits per heavy atom. The van der Waals surface area contributed by atoms with Gasteiger partial charge in [-0.1, -0.05) is 37.3 Å². The summed E-state index contributed by atoms with van der Waals surface area (Å²) in [4.78, 5) is 2.39. The summed E-state index contributed by atoms with van der Waals surface area (Å²) >= 11 is 0. The molecule has 0 saturated carbocycles. The fraction of sp³-hybridized carbons (Fsp3) is 0.571. The van der Waals surface area contributed by atoms with Crippen molar-refractivity contribution in [3.05, 3.63) is 35.9 Å². The molecule has 1 aromatic rings. The van der Waals surface area contributed by atoms with Crippen molar-refractivity contribution in [3.63, 3.8) is 0 Å². The maximum atomic E-state index is 11.2. The molecule has 1 N–H and O–H groups in total. The van der Waals surface area contributed by atoms with Gasteiger partial charge in [0, 0.05) is 19.6 Å². The molecule has 1 atom stereocenters. The average molecular weight is 282 g/mol. The molecule has 0 bridgehead atoms. The lowest BCUT2D eigenvalue weighted by Gasteiger charge is -2.24. The molecule has 5 heteroatoms. The highest BCUT2D eigenvalue weighted by Gasteiger charge is 2.34. The van der Waals surface area contributed by atoms with Crippen LogP contribution in [0.3, 0.4) is 0 Å². The smallest absolute Gasteiger partial charge is 0.208 e. The molecule has 0 amide bonds. The Bertz CT molecular complexity index is 516. The van der Waals surface area contributed by atoms with Gasteiger partial charge in [-0.2, -0.15) is 0 Å². The van der Waals surface area contributed by atoms with Crippen molar-refractivity contribution in [1.82, 2.24) is 9.62 Å². The molecular formula is C14H22N2O2S. The Hall–Kier alpha value is -0.910. The lowest BCUT2D eigenvalue weighted by molar-refractivity contribution is 0.270. The summed E-state index contributed by atoms with van der Waals surface area (Å²) < 4.78 is 25.0. The van der Waals surface area contributed by atoms with Gasteiger partial charge >= 0.3 is 0 Å². The van der Waals surface area contributed by atoms with E-state index in [9.17, 15) is 8.42 Å². The Morgan fingerprint density at radius 1 is 1.32 bits per heavy atom. The highest BCUT2D eigenvalue weighted by molar-refractivity contribution is 7.88. The van der Waals surface area contributed by atoms with Gasteiger partial charge in [-0.05, 0) is 23.9 Å². The van der Waals surface area contributed by atoms with Crippen LogP contribution in [0.15, 0.2) is 30.3 Å². The van der Waals surface area contributed by atoms with E-state index in [4.69, 9.17) is 0 Å². The summed E-state index contributed by atoms with van der Waals surface area (Å²) in [5, 5.41) is 0. The molecule has 0 spiro atoms. The minimum absolute atomic E-state index is 0.0395. The van der Waals surface area contributed by atoms with Crippen molar-refractivity contribution in [2.24, 2.45) is 5.41 Å². The third kappa shape index (κ3) is 4.60. The fourth-order valence-corrected chi connectivity index (χ4v) is 3.16. The van der Waals surface area contributed by atoms with Crippen molar-refractivity contribution in [2.75, 3.05) is 25.9 Å². The number of benzene rings is 1. The molecule has 0 aliphatic carbocycles. The normalized spacial score (nSPS) is 24.7. The van der Waals surface area contributed by atoms with Crippen molar-refractivity contribution in [1.29, 1.82) is 0 Å². The Balaban J connectivity index is 1.88. The molecule has 1 saturated heterocycles. The van der Waals surface area contributed by atoms with Crippen LogP contribution >= 0.6 is 0 Å². The Kier molecular flexibility index (Phi) is 4.28. The third-order valence-electron chi connectivity index (χ3n) is 3.65. The predicted octanol–water partition coefficient (Wildman–Crippen LogP) is 1.45. The van der Waals surface area contributed by atoms with Gasteiger partial charge in [-0.25, -0.2) is 13.1 Å². The first-order valence-electron chi connectivity index (χ1n) is 6.57. The summed E-state index contributed by atoms with van der Waals surface area (Å²) in [7, 11) is -3.09. The van der Waals surface area contributed by atoms with Crippen LogP contribution in [0.2, 0.25) is 0 Å². The Morgan fingerprint density at radius 3 is 2.63 bits per heavy atom. The number of likely N-dealkylation sites (tertiary alicyclic amines) is 1. The van der Waals surface area contributed by atoms with Gasteiger partial charge < -0.3 is 0 Å². The molecule has 1 aliphatic heterocycles. The van der Waals surface area contributed by atoms with E-state index in [1.54, 1.807) is 0 Å². The summed E-state index contributed by atoms with van der Waals surface area (Å²) in [6.45, 7) is 5.57. The van der Waals surface area contributed by atoms with Gasteiger partial charge in [-0.15, -0.1) is 0 Å². The number of nitrogens with zero attached hydrogens (tertiary/aromatic N) is 1. The number of nitrogens with one attached hydrogen (secondary N) is 1. The van der Waals surface area contributed by atoms with Crippen LogP contribution in [0.4, 0.5) is 0 Å². The molecule has 4 nitrogen and oxygen atoms in total. The van der Waals surface area contributed by atoms with Gasteiger partial charge in [0.25, 0.3) is 0 Å². The minimum atomic E-state index is -3.09. The van der Waals surface area contributed by atoms with Crippen LogP contribution in [0.25, 0.3) is 0 Å². The molecule has 19 heavy (non-hydrogen) atoms. The number of rotatable bonds is 5. The van der Waals surface area contributed by atoms with Gasteiger partial charge in [0.15, 0.2) is 0 Å². The quantitative estimate of drug-likeness (QED) is 0.889. The monoisotopic (exact) mass is 282 g/mol. The summed E-state index contributed by atoms with van der Waals surface area (Å²) in [6, 6.07) is 10.4. The maximum absolute atomic E-state index is 11.2. The van der Waals surface area contributed by atoms with E-state index in [1.165, 1.54) is 11.8 Å². The molecule has 1 unspecified atom stereocenters. The average Bonchev–Trinajstić information content (AvgIpc) is 2.70. The highest BCUT2D eigenvalue weighted by Crippen LogP contribution is 2.30. The van der Waals surface area contributed by atoms with Crippen LogP contribution < -0.4 is 4.72 Å². The second-order valence-electron chi connectivity index (χ2n) is 5.85. The number of hydrogen-bond acceptors (Lipinski definition) is 3. The summed E-state index contributed by atoms with van der Waals surface area (Å²) in [6.07, 6.45) is 2.25. The van der Waals surface area contributed by atoms with Crippen molar-refractivity contribution in [3.8, 4) is 0 Å². The standard InChI is InChI=1S/C14H22N2O2S/c1-14(11-15-19(2,17)18)8-9-16(12-14)10-13-6-4-3-5-7-13/h3-7,15H,8-12H2,1-2H3. The first-order chi connectivity index (χ1) is 8.86.